The van der Waals surface area contributed by atoms with Gasteiger partial charge >= 0.3 is 0 Å². The van der Waals surface area contributed by atoms with Gasteiger partial charge in [0.1, 0.15) is 5.41 Å². The summed E-state index contributed by atoms with van der Waals surface area (Å²) in [6, 6.07) is 33.8. The van der Waals surface area contributed by atoms with Crippen molar-refractivity contribution in [3.63, 3.8) is 0 Å². The molecule has 2 heterocycles. The molecule has 7 rings (SSSR count). The fourth-order valence-corrected chi connectivity index (χ4v) is 8.18. The number of fused-ring (bicyclic) bond motifs is 4. The first-order valence-electron chi connectivity index (χ1n) is 17.4. The van der Waals surface area contributed by atoms with Crippen molar-refractivity contribution in [1.29, 1.82) is 0 Å². The highest BCUT2D eigenvalue weighted by Crippen LogP contribution is 2.51. The molecule has 1 saturated heterocycles. The van der Waals surface area contributed by atoms with Gasteiger partial charge in [-0.15, -0.1) is 0 Å². The smallest absolute Gasteiger partial charge is 0.254 e. The molecule has 1 N–H and O–H groups in total. The molecule has 0 spiro atoms. The Balaban J connectivity index is 0.969. The number of benzene rings is 4. The predicted molar refractivity (Wildman–Crippen MR) is 190 cm³/mol. The third kappa shape index (κ3) is 5.73. The number of rotatable bonds is 10. The molecule has 0 radical (unpaired) electrons. The van der Waals surface area contributed by atoms with Crippen molar-refractivity contribution in [2.75, 3.05) is 50.7 Å². The molecule has 47 heavy (non-hydrogen) atoms. The Morgan fingerprint density at radius 2 is 1.45 bits per heavy atom. The van der Waals surface area contributed by atoms with Crippen molar-refractivity contribution in [2.24, 2.45) is 0 Å². The Labute approximate surface area is 279 Å². The molecule has 3 aliphatic rings. The molecule has 1 aliphatic carbocycles. The monoisotopic (exact) mass is 626 g/mol. The van der Waals surface area contributed by atoms with E-state index in [1.165, 1.54) is 16.7 Å². The van der Waals surface area contributed by atoms with Gasteiger partial charge in [-0.1, -0.05) is 91.3 Å². The third-order valence-corrected chi connectivity index (χ3v) is 10.8. The number of hydrogen-bond acceptors (Lipinski definition) is 4. The molecule has 1 unspecified atom stereocenters. The Kier molecular flexibility index (Phi) is 8.87. The van der Waals surface area contributed by atoms with Gasteiger partial charge in [0, 0.05) is 50.5 Å². The van der Waals surface area contributed by atoms with Crippen LogP contribution in [0.25, 0.3) is 11.1 Å². The van der Waals surface area contributed by atoms with E-state index in [4.69, 9.17) is 0 Å². The van der Waals surface area contributed by atoms with Gasteiger partial charge in [-0.25, -0.2) is 0 Å². The van der Waals surface area contributed by atoms with Gasteiger partial charge in [-0.05, 0) is 85.2 Å². The van der Waals surface area contributed by atoms with Gasteiger partial charge in [0.05, 0.1) is 6.04 Å². The lowest BCUT2D eigenvalue weighted by Gasteiger charge is -2.38. The summed E-state index contributed by atoms with van der Waals surface area (Å²) >= 11 is 0. The molecule has 242 valence electrons. The molecule has 1 atom stereocenters. The molecule has 4 aromatic rings. The van der Waals surface area contributed by atoms with Gasteiger partial charge in [-0.3, -0.25) is 14.5 Å². The molecular weight excluding hydrogens is 580 g/mol. The zero-order valence-corrected chi connectivity index (χ0v) is 27.8. The molecule has 1 fully saturated rings. The number of carbonyl (C=O) groups excluding carboxylic acids is 2. The van der Waals surface area contributed by atoms with E-state index in [9.17, 15) is 9.59 Å². The van der Waals surface area contributed by atoms with Crippen LogP contribution in [0.3, 0.4) is 0 Å². The summed E-state index contributed by atoms with van der Waals surface area (Å²) in [4.78, 5) is 34.5. The summed E-state index contributed by atoms with van der Waals surface area (Å²) in [5.74, 6) is 0.258. The lowest BCUT2D eigenvalue weighted by atomic mass is 9.73. The van der Waals surface area contributed by atoms with Crippen molar-refractivity contribution in [1.82, 2.24) is 15.1 Å². The van der Waals surface area contributed by atoms with Crippen LogP contribution in [-0.2, 0) is 16.6 Å². The van der Waals surface area contributed by atoms with Gasteiger partial charge in [0.25, 0.3) is 5.91 Å². The van der Waals surface area contributed by atoms with Crippen LogP contribution in [0.15, 0.2) is 97.1 Å². The first-order chi connectivity index (χ1) is 23.0. The Hall–Kier alpha value is -4.42. The highest BCUT2D eigenvalue weighted by molar-refractivity contribution is 6.00. The lowest BCUT2D eigenvalue weighted by molar-refractivity contribution is -0.125. The van der Waals surface area contributed by atoms with Crippen LogP contribution in [0.4, 0.5) is 5.69 Å². The number of nitrogens with zero attached hydrogens (tertiary/aromatic N) is 3. The second kappa shape index (κ2) is 13.4. The summed E-state index contributed by atoms with van der Waals surface area (Å²) in [7, 11) is 0. The molecule has 6 nitrogen and oxygen atoms in total. The van der Waals surface area contributed by atoms with E-state index in [-0.39, 0.29) is 17.9 Å². The number of unbranched alkanes of at least 4 members (excludes halogenated alkanes) is 1. The largest absolute Gasteiger partial charge is 0.369 e. The van der Waals surface area contributed by atoms with Gasteiger partial charge in [-0.2, -0.15) is 0 Å². The minimum atomic E-state index is -0.639. The summed E-state index contributed by atoms with van der Waals surface area (Å²) in [6.45, 7) is 10.4. The Morgan fingerprint density at radius 1 is 0.787 bits per heavy atom. The van der Waals surface area contributed by atoms with Gasteiger partial charge in [0.2, 0.25) is 5.91 Å². The standard InChI is InChI=1S/C41H46N4O2/c1-3-42-40(47)41(37-17-9-7-15-34(37)35-16-8-10-18-38(35)41)22-11-12-23-43-25-27-44(28-26-43)33-20-19-32-21-24-45(39(46)36(32)29-33)30(2)31-13-5-4-6-14-31/h4-10,13-20,29-30H,3,11-12,21-28H2,1-2H3,(H,42,47). The van der Waals surface area contributed by atoms with Crippen molar-refractivity contribution >= 4 is 17.5 Å². The third-order valence-electron chi connectivity index (χ3n) is 10.8. The maximum atomic E-state index is 13.8. The van der Waals surface area contributed by atoms with E-state index in [2.05, 4.69) is 101 Å². The molecule has 2 amide bonds. The number of hydrogen-bond donors (Lipinski definition) is 1. The van der Waals surface area contributed by atoms with E-state index in [0.29, 0.717) is 6.54 Å². The number of anilines is 1. The molecule has 4 aromatic carbocycles. The molecule has 2 aliphatic heterocycles. The number of carbonyl (C=O) groups is 2. The summed E-state index contributed by atoms with van der Waals surface area (Å²) in [5, 5.41) is 3.18. The quantitative estimate of drug-likeness (QED) is 0.196. The van der Waals surface area contributed by atoms with Crippen LogP contribution in [0.2, 0.25) is 0 Å². The second-order valence-corrected chi connectivity index (χ2v) is 13.3. The van der Waals surface area contributed by atoms with E-state index in [0.717, 1.165) is 92.9 Å². The van der Waals surface area contributed by atoms with Crippen LogP contribution in [0, 0.1) is 0 Å². The van der Waals surface area contributed by atoms with Crippen LogP contribution in [0.5, 0.6) is 0 Å². The highest BCUT2D eigenvalue weighted by atomic mass is 16.2. The van der Waals surface area contributed by atoms with Crippen molar-refractivity contribution in [2.45, 2.75) is 51.0 Å². The van der Waals surface area contributed by atoms with Gasteiger partial charge in [0.15, 0.2) is 0 Å². The number of piperazine rings is 1. The number of nitrogens with one attached hydrogen (secondary N) is 1. The molecule has 0 saturated carbocycles. The zero-order valence-electron chi connectivity index (χ0n) is 27.8. The van der Waals surface area contributed by atoms with E-state index >= 15 is 0 Å². The van der Waals surface area contributed by atoms with E-state index in [1.807, 2.05) is 30.0 Å². The van der Waals surface area contributed by atoms with E-state index < -0.39 is 5.41 Å². The zero-order chi connectivity index (χ0) is 32.4. The number of amides is 2. The van der Waals surface area contributed by atoms with Crippen molar-refractivity contribution < 1.29 is 9.59 Å². The van der Waals surface area contributed by atoms with Crippen LogP contribution in [0.1, 0.15) is 71.8 Å². The maximum Gasteiger partial charge on any atom is 0.254 e. The second-order valence-electron chi connectivity index (χ2n) is 13.3. The number of likely N-dealkylation sites (N-methyl/N-ethyl adjacent to an activating group) is 1. The average Bonchev–Trinajstić information content (AvgIpc) is 3.41. The maximum absolute atomic E-state index is 13.8. The lowest BCUT2D eigenvalue weighted by Crippen LogP contribution is -2.47. The van der Waals surface area contributed by atoms with Crippen LogP contribution >= 0.6 is 0 Å². The fraction of sp³-hybridized carbons (Fsp3) is 0.366. The molecular formula is C41H46N4O2. The summed E-state index contributed by atoms with van der Waals surface area (Å²) in [5.41, 5.74) is 8.36. The summed E-state index contributed by atoms with van der Waals surface area (Å²) in [6.07, 6.45) is 3.72. The predicted octanol–water partition coefficient (Wildman–Crippen LogP) is 6.84. The molecule has 0 aromatic heterocycles. The topological polar surface area (TPSA) is 55.9 Å². The van der Waals surface area contributed by atoms with E-state index in [1.54, 1.807) is 0 Å². The van der Waals surface area contributed by atoms with Gasteiger partial charge < -0.3 is 15.1 Å². The highest BCUT2D eigenvalue weighted by Gasteiger charge is 2.48. The SMILES string of the molecule is CCNC(=O)C1(CCCCN2CCN(c3ccc4c(c3)C(=O)N(C(C)c3ccccc3)CC4)CC2)c2ccccc2-c2ccccc21. The minimum Gasteiger partial charge on any atom is -0.369 e. The van der Waals surface area contributed by atoms with Crippen LogP contribution in [-0.4, -0.2) is 67.4 Å². The fourth-order valence-electron chi connectivity index (χ4n) is 8.18. The molecule has 6 heteroatoms. The average molecular weight is 627 g/mol. The summed E-state index contributed by atoms with van der Waals surface area (Å²) < 4.78 is 0. The first-order valence-corrected chi connectivity index (χ1v) is 17.4. The van der Waals surface area contributed by atoms with Crippen molar-refractivity contribution in [3.8, 4) is 11.1 Å². The Bertz CT molecular complexity index is 1700. The van der Waals surface area contributed by atoms with Crippen molar-refractivity contribution in [3.05, 3.63) is 125 Å². The minimum absolute atomic E-state index is 0.0538. The first kappa shape index (κ1) is 31.2. The molecule has 0 bridgehead atoms. The Morgan fingerprint density at radius 3 is 2.13 bits per heavy atom. The normalized spacial score (nSPS) is 17.5. The van der Waals surface area contributed by atoms with Crippen LogP contribution < -0.4 is 10.2 Å².